The minimum Gasteiger partial charge on any atom is -0.309 e. The van der Waals surface area contributed by atoms with Crippen LogP contribution in [0.25, 0.3) is 58.8 Å². The van der Waals surface area contributed by atoms with E-state index < -0.39 is 5.41 Å². The van der Waals surface area contributed by atoms with Crippen molar-refractivity contribution in [2.24, 2.45) is 0 Å². The van der Waals surface area contributed by atoms with E-state index in [1.54, 1.807) is 0 Å². The van der Waals surface area contributed by atoms with E-state index in [0.717, 1.165) is 0 Å². The number of hydrogen-bond donors (Lipinski definition) is 0. The highest BCUT2D eigenvalue weighted by atomic mass is 32.1. The number of benzene rings is 7. The van der Waals surface area contributed by atoms with E-state index in [-0.39, 0.29) is 5.41 Å². The van der Waals surface area contributed by atoms with Gasteiger partial charge in [-0.1, -0.05) is 147 Å². The molecule has 1 unspecified atom stereocenters. The van der Waals surface area contributed by atoms with Gasteiger partial charge in [0.2, 0.25) is 0 Å². The van der Waals surface area contributed by atoms with Crippen molar-refractivity contribution < 1.29 is 0 Å². The molecule has 1 atom stereocenters. The largest absolute Gasteiger partial charge is 0.309 e. The molecule has 0 fully saturated rings. The van der Waals surface area contributed by atoms with Gasteiger partial charge in [0, 0.05) is 36.4 Å². The van der Waals surface area contributed by atoms with Gasteiger partial charge in [-0.15, -0.1) is 11.3 Å². The molecule has 1 aliphatic carbocycles. The molecule has 0 saturated carbocycles. The summed E-state index contributed by atoms with van der Waals surface area (Å²) in [5, 5.41) is 5.29. The standard InChI is InChI=1S/C46H31NS/c1-45(2)34-20-5-6-21-35(34)46(36-22-7-9-26-40(36)47-39-25-8-3-14-28(39)31-17-13-24-38(46)43(31)47)37-23-12-16-30(42(37)45)33-19-11-18-32-29-15-4-10-27-41(29)48-44(32)33/h3-27H,1-2H3. The highest BCUT2D eigenvalue weighted by Gasteiger charge is 2.53. The Kier molecular flexibility index (Phi) is 5.06. The molecule has 2 heteroatoms. The lowest BCUT2D eigenvalue weighted by atomic mass is 9.52. The summed E-state index contributed by atoms with van der Waals surface area (Å²) in [6, 6.07) is 57.3. The molecule has 1 spiro atoms. The molecule has 0 amide bonds. The second-order valence-electron chi connectivity index (χ2n) is 14.0. The van der Waals surface area contributed by atoms with Gasteiger partial charge in [0.15, 0.2) is 0 Å². The van der Waals surface area contributed by atoms with Crippen LogP contribution in [0.4, 0.5) is 0 Å². The van der Waals surface area contributed by atoms with Gasteiger partial charge in [-0.25, -0.2) is 0 Å². The van der Waals surface area contributed by atoms with Crippen LogP contribution in [0.5, 0.6) is 0 Å². The van der Waals surface area contributed by atoms with Crippen molar-refractivity contribution in [1.29, 1.82) is 0 Å². The number of para-hydroxylation sites is 3. The first kappa shape index (κ1) is 26.6. The Morgan fingerprint density at radius 2 is 1.06 bits per heavy atom. The fraction of sp³-hybridized carbons (Fsp3) is 0.0870. The van der Waals surface area contributed by atoms with Gasteiger partial charge in [0.25, 0.3) is 0 Å². The summed E-state index contributed by atoms with van der Waals surface area (Å²) in [5.41, 5.74) is 14.1. The molecule has 2 aromatic heterocycles. The molecule has 0 bridgehead atoms. The third-order valence-electron chi connectivity index (χ3n) is 11.4. The van der Waals surface area contributed by atoms with E-state index in [2.05, 4.69) is 170 Å². The van der Waals surface area contributed by atoms with Crippen molar-refractivity contribution in [3.8, 4) is 16.8 Å². The second kappa shape index (κ2) is 9.13. The number of aromatic nitrogens is 1. The van der Waals surface area contributed by atoms with Crippen LogP contribution >= 0.6 is 11.3 Å². The molecule has 226 valence electrons. The number of rotatable bonds is 1. The topological polar surface area (TPSA) is 4.93 Å². The van der Waals surface area contributed by atoms with E-state index in [0.29, 0.717) is 0 Å². The fourth-order valence-electron chi connectivity index (χ4n) is 9.64. The molecule has 2 aliphatic rings. The molecule has 9 aromatic rings. The first-order chi connectivity index (χ1) is 23.6. The van der Waals surface area contributed by atoms with Crippen molar-refractivity contribution in [1.82, 2.24) is 4.57 Å². The van der Waals surface area contributed by atoms with Gasteiger partial charge in [-0.05, 0) is 62.7 Å². The van der Waals surface area contributed by atoms with Gasteiger partial charge < -0.3 is 4.57 Å². The zero-order chi connectivity index (χ0) is 31.8. The van der Waals surface area contributed by atoms with Crippen molar-refractivity contribution >= 4 is 53.3 Å². The van der Waals surface area contributed by atoms with Crippen molar-refractivity contribution in [2.75, 3.05) is 0 Å². The maximum Gasteiger partial charge on any atom is 0.0748 e. The Hall–Kier alpha value is -5.44. The lowest BCUT2D eigenvalue weighted by Gasteiger charge is -2.50. The van der Waals surface area contributed by atoms with Crippen LogP contribution in [-0.4, -0.2) is 4.57 Å². The number of nitrogens with zero attached hydrogens (tertiary/aromatic N) is 1. The summed E-state index contributed by atoms with van der Waals surface area (Å²) >= 11 is 1.92. The molecular formula is C46H31NS. The Labute approximate surface area is 283 Å². The lowest BCUT2D eigenvalue weighted by molar-refractivity contribution is 0.558. The summed E-state index contributed by atoms with van der Waals surface area (Å²) in [6.07, 6.45) is 0. The SMILES string of the molecule is CC1(C)c2ccccc2C2(c3ccccc3-n3c4ccccc4c4cccc2c43)c2cccc(-c3cccc4c3sc3ccccc34)c21. The zero-order valence-corrected chi connectivity index (χ0v) is 27.6. The molecular weight excluding hydrogens is 599 g/mol. The third-order valence-corrected chi connectivity index (χ3v) is 12.7. The van der Waals surface area contributed by atoms with Crippen molar-refractivity contribution in [3.05, 3.63) is 185 Å². The fourth-order valence-corrected chi connectivity index (χ4v) is 10.9. The minimum atomic E-state index is -0.494. The lowest BCUT2D eigenvalue weighted by Crippen LogP contribution is -2.44. The Morgan fingerprint density at radius 3 is 1.96 bits per heavy atom. The van der Waals surface area contributed by atoms with Gasteiger partial charge in [-0.3, -0.25) is 0 Å². The van der Waals surface area contributed by atoms with Crippen LogP contribution in [0.1, 0.15) is 47.2 Å². The normalized spacial score (nSPS) is 17.2. The zero-order valence-electron chi connectivity index (χ0n) is 26.8. The van der Waals surface area contributed by atoms with Crippen molar-refractivity contribution in [2.45, 2.75) is 24.7 Å². The van der Waals surface area contributed by atoms with E-state index in [1.807, 2.05) is 11.3 Å². The van der Waals surface area contributed by atoms with Crippen LogP contribution in [0.2, 0.25) is 0 Å². The van der Waals surface area contributed by atoms with Gasteiger partial charge in [0.1, 0.15) is 0 Å². The molecule has 0 N–H and O–H groups in total. The van der Waals surface area contributed by atoms with E-state index >= 15 is 0 Å². The average Bonchev–Trinajstić information content (AvgIpc) is 3.69. The minimum absolute atomic E-state index is 0.236. The predicted octanol–water partition coefficient (Wildman–Crippen LogP) is 12.2. The highest BCUT2D eigenvalue weighted by Crippen LogP contribution is 2.62. The molecule has 0 radical (unpaired) electrons. The molecule has 48 heavy (non-hydrogen) atoms. The third kappa shape index (κ3) is 3.04. The number of thiophene rings is 1. The van der Waals surface area contributed by atoms with Crippen LogP contribution in [0.15, 0.2) is 152 Å². The monoisotopic (exact) mass is 629 g/mol. The molecule has 1 aliphatic heterocycles. The maximum absolute atomic E-state index is 2.53. The van der Waals surface area contributed by atoms with Crippen LogP contribution in [0, 0.1) is 0 Å². The molecule has 3 heterocycles. The van der Waals surface area contributed by atoms with Gasteiger partial charge >= 0.3 is 0 Å². The van der Waals surface area contributed by atoms with Crippen molar-refractivity contribution in [3.63, 3.8) is 0 Å². The van der Waals surface area contributed by atoms with Gasteiger partial charge in [0.05, 0.1) is 22.1 Å². The van der Waals surface area contributed by atoms with Gasteiger partial charge in [-0.2, -0.15) is 0 Å². The first-order valence-electron chi connectivity index (χ1n) is 16.9. The summed E-state index contributed by atoms with van der Waals surface area (Å²) in [6.45, 7) is 4.89. The predicted molar refractivity (Wildman–Crippen MR) is 203 cm³/mol. The maximum atomic E-state index is 2.53. The van der Waals surface area contributed by atoms with Crippen LogP contribution in [-0.2, 0) is 10.8 Å². The second-order valence-corrected chi connectivity index (χ2v) is 15.1. The summed E-state index contributed by atoms with van der Waals surface area (Å²) in [4.78, 5) is 0. The Balaban J connectivity index is 1.35. The summed E-state index contributed by atoms with van der Waals surface area (Å²) < 4.78 is 5.23. The molecule has 11 rings (SSSR count). The quantitative estimate of drug-likeness (QED) is 0.170. The van der Waals surface area contributed by atoms with E-state index in [1.165, 1.54) is 92.2 Å². The van der Waals surface area contributed by atoms with E-state index in [9.17, 15) is 0 Å². The Bertz CT molecular complexity index is 2830. The van der Waals surface area contributed by atoms with E-state index in [4.69, 9.17) is 0 Å². The highest BCUT2D eigenvalue weighted by molar-refractivity contribution is 7.26. The molecule has 1 nitrogen and oxygen atoms in total. The number of fused-ring (bicyclic) bond motifs is 14. The average molecular weight is 630 g/mol. The summed E-state index contributed by atoms with van der Waals surface area (Å²) in [7, 11) is 0. The summed E-state index contributed by atoms with van der Waals surface area (Å²) in [5.74, 6) is 0. The molecule has 7 aromatic carbocycles. The first-order valence-corrected chi connectivity index (χ1v) is 17.7. The Morgan fingerprint density at radius 1 is 0.458 bits per heavy atom. The smallest absolute Gasteiger partial charge is 0.0748 e. The number of hydrogen-bond acceptors (Lipinski definition) is 1. The van der Waals surface area contributed by atoms with Crippen LogP contribution < -0.4 is 0 Å². The molecule has 0 saturated heterocycles. The van der Waals surface area contributed by atoms with Crippen LogP contribution in [0.3, 0.4) is 0 Å².